The van der Waals surface area contributed by atoms with Gasteiger partial charge in [-0.2, -0.15) is 0 Å². The Balaban J connectivity index is 1.86. The Morgan fingerprint density at radius 3 is 2.29 bits per heavy atom. The van der Waals surface area contributed by atoms with Crippen molar-refractivity contribution < 1.29 is 13.2 Å². The van der Waals surface area contributed by atoms with Crippen LogP contribution in [0.5, 0.6) is 0 Å². The van der Waals surface area contributed by atoms with Crippen LogP contribution in [0, 0.1) is 5.92 Å². The Bertz CT molecular complexity index is 366. The van der Waals surface area contributed by atoms with E-state index in [2.05, 4.69) is 0 Å². The van der Waals surface area contributed by atoms with Gasteiger partial charge in [-0.3, -0.25) is 4.79 Å². The maximum atomic E-state index is 12.1. The van der Waals surface area contributed by atoms with E-state index in [4.69, 9.17) is 0 Å². The van der Waals surface area contributed by atoms with Gasteiger partial charge >= 0.3 is 0 Å². The molecule has 0 radical (unpaired) electrons. The minimum absolute atomic E-state index is 0.0355. The molecular weight excluding hydrogens is 236 g/mol. The maximum Gasteiger partial charge on any atom is 0.153 e. The zero-order chi connectivity index (χ0) is 12.3. The Morgan fingerprint density at radius 2 is 1.71 bits per heavy atom. The number of Topliss-reactive ketones (excluding diaryl/α,β-unsaturated/α-hetero) is 1. The molecule has 4 heteroatoms. The number of hydrogen-bond donors (Lipinski definition) is 0. The molecule has 0 aliphatic heterocycles. The molecule has 0 N–H and O–H groups in total. The van der Waals surface area contributed by atoms with E-state index in [0.717, 1.165) is 38.5 Å². The number of ketones is 1. The summed E-state index contributed by atoms with van der Waals surface area (Å²) >= 11 is 0. The molecule has 0 spiro atoms. The van der Waals surface area contributed by atoms with Gasteiger partial charge in [-0.05, 0) is 32.1 Å². The molecule has 0 aromatic rings. The first-order chi connectivity index (χ1) is 8.09. The molecule has 17 heavy (non-hydrogen) atoms. The fourth-order valence-corrected chi connectivity index (χ4v) is 5.09. The molecule has 0 amide bonds. The zero-order valence-corrected chi connectivity index (χ0v) is 11.2. The Morgan fingerprint density at radius 1 is 1.00 bits per heavy atom. The molecule has 1 atom stereocenters. The molecule has 2 saturated carbocycles. The summed E-state index contributed by atoms with van der Waals surface area (Å²) in [7, 11) is -2.95. The third-order valence-electron chi connectivity index (χ3n) is 4.24. The van der Waals surface area contributed by atoms with Crippen molar-refractivity contribution in [1.29, 1.82) is 0 Å². The molecule has 0 aromatic heterocycles. The van der Waals surface area contributed by atoms with Crippen molar-refractivity contribution in [2.75, 3.05) is 5.75 Å². The number of carbonyl (C=O) groups excluding carboxylic acids is 1. The van der Waals surface area contributed by atoms with Gasteiger partial charge in [0.2, 0.25) is 0 Å². The Kier molecular flexibility index (Phi) is 4.23. The van der Waals surface area contributed by atoms with Crippen molar-refractivity contribution >= 4 is 15.6 Å². The fraction of sp³-hybridized carbons (Fsp3) is 0.923. The minimum atomic E-state index is -2.95. The monoisotopic (exact) mass is 258 g/mol. The molecule has 0 heterocycles. The topological polar surface area (TPSA) is 51.2 Å². The minimum Gasteiger partial charge on any atom is -0.299 e. The Labute approximate surface area is 104 Å². The molecule has 1 unspecified atom stereocenters. The summed E-state index contributed by atoms with van der Waals surface area (Å²) in [6.07, 6.45) is 8.02. The average molecular weight is 258 g/mol. The van der Waals surface area contributed by atoms with Crippen LogP contribution in [0.1, 0.15) is 57.8 Å². The van der Waals surface area contributed by atoms with Gasteiger partial charge in [-0.1, -0.05) is 19.3 Å². The van der Waals surface area contributed by atoms with Crippen molar-refractivity contribution in [2.45, 2.75) is 63.0 Å². The molecular formula is C13H22O3S. The van der Waals surface area contributed by atoms with Crippen molar-refractivity contribution in [1.82, 2.24) is 0 Å². The number of hydrogen-bond acceptors (Lipinski definition) is 3. The summed E-state index contributed by atoms with van der Waals surface area (Å²) in [6, 6.07) is 0. The quantitative estimate of drug-likeness (QED) is 0.778. The van der Waals surface area contributed by atoms with Crippen molar-refractivity contribution in [3.8, 4) is 0 Å². The van der Waals surface area contributed by atoms with E-state index < -0.39 is 9.84 Å². The third-order valence-corrected chi connectivity index (χ3v) is 6.53. The zero-order valence-electron chi connectivity index (χ0n) is 10.4. The van der Waals surface area contributed by atoms with Gasteiger partial charge in [-0.25, -0.2) is 8.42 Å². The molecule has 2 aliphatic rings. The largest absolute Gasteiger partial charge is 0.299 e. The lowest BCUT2D eigenvalue weighted by Crippen LogP contribution is -2.27. The molecule has 0 saturated heterocycles. The highest BCUT2D eigenvalue weighted by molar-refractivity contribution is 7.92. The van der Waals surface area contributed by atoms with Crippen LogP contribution in [-0.2, 0) is 14.6 Å². The highest BCUT2D eigenvalue weighted by atomic mass is 32.2. The van der Waals surface area contributed by atoms with Gasteiger partial charge in [0.05, 0.1) is 11.0 Å². The summed E-state index contributed by atoms with van der Waals surface area (Å²) in [5, 5.41) is -0.118. The number of sulfone groups is 1. The average Bonchev–Trinajstić information content (AvgIpc) is 2.74. The van der Waals surface area contributed by atoms with E-state index in [-0.39, 0.29) is 22.7 Å². The van der Waals surface area contributed by atoms with Crippen molar-refractivity contribution in [2.24, 2.45) is 5.92 Å². The van der Waals surface area contributed by atoms with Crippen molar-refractivity contribution in [3.63, 3.8) is 0 Å². The highest BCUT2D eigenvalue weighted by Crippen LogP contribution is 2.28. The van der Waals surface area contributed by atoms with E-state index in [1.165, 1.54) is 6.42 Å². The summed E-state index contributed by atoms with van der Waals surface area (Å²) in [4.78, 5) is 11.5. The predicted molar refractivity (Wildman–Crippen MR) is 67.6 cm³/mol. The summed E-state index contributed by atoms with van der Waals surface area (Å²) in [6.45, 7) is 0. The van der Waals surface area contributed by atoms with Gasteiger partial charge < -0.3 is 0 Å². The van der Waals surface area contributed by atoms with Gasteiger partial charge in [-0.15, -0.1) is 0 Å². The van der Waals surface area contributed by atoms with E-state index >= 15 is 0 Å². The summed E-state index contributed by atoms with van der Waals surface area (Å²) < 4.78 is 24.3. The normalized spacial score (nSPS) is 27.5. The number of rotatable bonds is 4. The Hall–Kier alpha value is -0.380. The van der Waals surface area contributed by atoms with Gasteiger partial charge in [0.25, 0.3) is 0 Å². The first-order valence-corrected chi connectivity index (χ1v) is 8.55. The number of carbonyl (C=O) groups is 1. The lowest BCUT2D eigenvalue weighted by molar-refractivity contribution is -0.120. The lowest BCUT2D eigenvalue weighted by Gasteiger charge is -2.22. The van der Waals surface area contributed by atoms with Crippen LogP contribution in [0.15, 0.2) is 0 Å². The standard InChI is InChI=1S/C13H22O3S/c14-13-8-4-5-11(13)9-10-17(15,16)12-6-2-1-3-7-12/h11-12H,1-10H2. The molecule has 0 bridgehead atoms. The second-order valence-corrected chi connectivity index (χ2v) is 7.87. The van der Waals surface area contributed by atoms with Gasteiger partial charge in [0, 0.05) is 12.3 Å². The SMILES string of the molecule is O=C1CCCC1CCS(=O)(=O)C1CCCCC1. The first-order valence-electron chi connectivity index (χ1n) is 6.84. The summed E-state index contributed by atoms with van der Waals surface area (Å²) in [5.74, 6) is 0.547. The van der Waals surface area contributed by atoms with Crippen LogP contribution in [-0.4, -0.2) is 25.2 Å². The van der Waals surface area contributed by atoms with Crippen LogP contribution in [0.4, 0.5) is 0 Å². The highest BCUT2D eigenvalue weighted by Gasteiger charge is 2.30. The summed E-state index contributed by atoms with van der Waals surface area (Å²) in [5.41, 5.74) is 0. The van der Waals surface area contributed by atoms with Crippen LogP contribution in [0.2, 0.25) is 0 Å². The first kappa shape index (κ1) is 13.1. The van der Waals surface area contributed by atoms with Crippen LogP contribution in [0.25, 0.3) is 0 Å². The molecule has 2 aliphatic carbocycles. The van der Waals surface area contributed by atoms with E-state index in [1.54, 1.807) is 0 Å². The lowest BCUT2D eigenvalue weighted by atomic mass is 10.0. The van der Waals surface area contributed by atoms with E-state index in [9.17, 15) is 13.2 Å². The molecule has 98 valence electrons. The molecule has 2 fully saturated rings. The fourth-order valence-electron chi connectivity index (χ4n) is 3.09. The molecule has 0 aromatic carbocycles. The smallest absolute Gasteiger partial charge is 0.153 e. The van der Waals surface area contributed by atoms with Crippen molar-refractivity contribution in [3.05, 3.63) is 0 Å². The second kappa shape index (κ2) is 5.51. The predicted octanol–water partition coefficient (Wildman–Crippen LogP) is 2.49. The third kappa shape index (κ3) is 3.30. The van der Waals surface area contributed by atoms with Gasteiger partial charge in [0.15, 0.2) is 9.84 Å². The van der Waals surface area contributed by atoms with E-state index in [1.807, 2.05) is 0 Å². The van der Waals surface area contributed by atoms with Crippen LogP contribution < -0.4 is 0 Å². The van der Waals surface area contributed by atoms with Gasteiger partial charge in [0.1, 0.15) is 5.78 Å². The second-order valence-electron chi connectivity index (χ2n) is 5.47. The van der Waals surface area contributed by atoms with Crippen LogP contribution in [0.3, 0.4) is 0 Å². The maximum absolute atomic E-state index is 12.1. The van der Waals surface area contributed by atoms with E-state index in [0.29, 0.717) is 12.8 Å². The molecule has 2 rings (SSSR count). The molecule has 3 nitrogen and oxygen atoms in total. The van der Waals surface area contributed by atoms with Crippen LogP contribution >= 0.6 is 0 Å².